The van der Waals surface area contributed by atoms with Gasteiger partial charge in [-0.1, -0.05) is 15.9 Å². The number of piperidine rings is 1. The van der Waals surface area contributed by atoms with Crippen LogP contribution < -0.4 is 19.9 Å². The molecule has 0 aliphatic carbocycles. The Morgan fingerprint density at radius 3 is 2.35 bits per heavy atom. The fraction of sp³-hybridized carbons (Fsp3) is 0.385. The third kappa shape index (κ3) is 3.94. The van der Waals surface area contributed by atoms with E-state index in [4.69, 9.17) is 14.2 Å². The molecule has 3 aromatic rings. The maximum absolute atomic E-state index is 13.2. The summed E-state index contributed by atoms with van der Waals surface area (Å²) in [6.45, 7) is 0. The molecule has 178 valence electrons. The predicted molar refractivity (Wildman–Crippen MR) is 134 cm³/mol. The molecule has 3 heterocycles. The summed E-state index contributed by atoms with van der Waals surface area (Å²) < 4.78 is 19.2. The van der Waals surface area contributed by atoms with Gasteiger partial charge in [0.15, 0.2) is 11.5 Å². The maximum Gasteiger partial charge on any atom is 0.338 e. The highest BCUT2D eigenvalue weighted by Crippen LogP contribution is 2.40. The van der Waals surface area contributed by atoms with Crippen LogP contribution in [0.2, 0.25) is 0 Å². The van der Waals surface area contributed by atoms with E-state index < -0.39 is 0 Å². The molecule has 2 aliphatic rings. The number of rotatable bonds is 5. The Morgan fingerprint density at radius 1 is 0.971 bits per heavy atom. The van der Waals surface area contributed by atoms with Crippen molar-refractivity contribution in [3.05, 3.63) is 62.9 Å². The summed E-state index contributed by atoms with van der Waals surface area (Å²) in [6.07, 6.45) is 3.18. The van der Waals surface area contributed by atoms with Crippen LogP contribution in [0.5, 0.6) is 11.5 Å². The Bertz CT molecular complexity index is 1310. The number of carbonyl (C=O) groups is 1. The molecule has 2 unspecified atom stereocenters. The van der Waals surface area contributed by atoms with Crippen molar-refractivity contribution in [3.63, 3.8) is 0 Å². The molecule has 8 heteroatoms. The van der Waals surface area contributed by atoms with Crippen LogP contribution in [0.3, 0.4) is 0 Å². The number of benzene rings is 2. The Balaban J connectivity index is 1.36. The van der Waals surface area contributed by atoms with E-state index in [1.165, 1.54) is 7.11 Å². The SMILES string of the molecule is COc1ccc(C(=O)OC2CC3CC[C@@H](C2)N3c2cc3cc(Br)ccc3n(C)c2=O)cc1OC. The van der Waals surface area contributed by atoms with E-state index in [1.54, 1.807) is 29.9 Å². The zero-order chi connectivity index (χ0) is 24.0. The topological polar surface area (TPSA) is 70.0 Å². The normalized spacial score (nSPS) is 21.5. The number of nitrogens with zero attached hydrogens (tertiary/aromatic N) is 2. The summed E-state index contributed by atoms with van der Waals surface area (Å²) in [6, 6.07) is 13.3. The van der Waals surface area contributed by atoms with E-state index in [0.717, 1.165) is 33.9 Å². The molecule has 2 saturated heterocycles. The minimum absolute atomic E-state index is 0.00694. The Kier molecular flexibility index (Phi) is 6.02. The lowest BCUT2D eigenvalue weighted by Crippen LogP contribution is -2.48. The maximum atomic E-state index is 13.2. The van der Waals surface area contributed by atoms with Crippen molar-refractivity contribution in [1.29, 1.82) is 0 Å². The first-order valence-corrected chi connectivity index (χ1v) is 12.2. The van der Waals surface area contributed by atoms with Gasteiger partial charge in [0.05, 0.1) is 25.3 Å². The molecule has 7 nitrogen and oxygen atoms in total. The molecule has 3 atom stereocenters. The molecule has 0 saturated carbocycles. The molecule has 0 N–H and O–H groups in total. The Hall–Kier alpha value is -3.00. The van der Waals surface area contributed by atoms with Crippen LogP contribution in [-0.2, 0) is 11.8 Å². The van der Waals surface area contributed by atoms with E-state index in [-0.39, 0.29) is 29.7 Å². The lowest BCUT2D eigenvalue weighted by Gasteiger charge is -2.40. The number of methoxy groups -OCH3 is 2. The average Bonchev–Trinajstić information content (AvgIpc) is 3.10. The molecule has 2 aliphatic heterocycles. The number of aromatic nitrogens is 1. The van der Waals surface area contributed by atoms with Gasteiger partial charge in [-0.3, -0.25) is 4.79 Å². The minimum atomic E-state index is -0.370. The second-order valence-corrected chi connectivity index (χ2v) is 9.87. The number of carbonyl (C=O) groups excluding carboxylic acids is 1. The van der Waals surface area contributed by atoms with Crippen molar-refractivity contribution in [2.24, 2.45) is 7.05 Å². The molecule has 2 fully saturated rings. The van der Waals surface area contributed by atoms with Gasteiger partial charge in [-0.2, -0.15) is 0 Å². The lowest BCUT2D eigenvalue weighted by molar-refractivity contribution is 0.0203. The van der Waals surface area contributed by atoms with Gasteiger partial charge in [-0.05, 0) is 55.3 Å². The standard InChI is InChI=1S/C26H27BrN2O5/c1-28-21-8-5-17(27)10-16(21)11-22(25(28)30)29-18-6-7-19(29)14-20(13-18)34-26(31)15-4-9-23(32-2)24(12-15)33-3/h4-5,8-12,18-20H,6-7,13-14H2,1-3H3/t18-,19?,20?/m0/s1. The Morgan fingerprint density at radius 2 is 1.68 bits per heavy atom. The van der Waals surface area contributed by atoms with Crippen LogP contribution in [0, 0.1) is 0 Å². The third-order valence-corrected chi connectivity index (χ3v) is 7.52. The van der Waals surface area contributed by atoms with Gasteiger partial charge in [-0.25, -0.2) is 4.79 Å². The van der Waals surface area contributed by atoms with Gasteiger partial charge < -0.3 is 23.7 Å². The second kappa shape index (κ2) is 8.98. The smallest absolute Gasteiger partial charge is 0.338 e. The van der Waals surface area contributed by atoms with Gasteiger partial charge >= 0.3 is 5.97 Å². The molecular weight excluding hydrogens is 500 g/mol. The average molecular weight is 527 g/mol. The van der Waals surface area contributed by atoms with Gasteiger partial charge in [-0.15, -0.1) is 0 Å². The molecule has 2 bridgehead atoms. The molecule has 0 amide bonds. The number of hydrogen-bond acceptors (Lipinski definition) is 6. The minimum Gasteiger partial charge on any atom is -0.493 e. The highest BCUT2D eigenvalue weighted by molar-refractivity contribution is 9.10. The predicted octanol–water partition coefficient (Wildman–Crippen LogP) is 4.68. The van der Waals surface area contributed by atoms with Crippen molar-refractivity contribution in [2.75, 3.05) is 19.1 Å². The summed E-state index contributed by atoms with van der Waals surface area (Å²) in [5, 5.41) is 1.02. The zero-order valence-electron chi connectivity index (χ0n) is 19.4. The van der Waals surface area contributed by atoms with E-state index >= 15 is 0 Å². The van der Waals surface area contributed by atoms with Crippen molar-refractivity contribution >= 4 is 38.5 Å². The van der Waals surface area contributed by atoms with Crippen molar-refractivity contribution in [2.45, 2.75) is 43.9 Å². The monoisotopic (exact) mass is 526 g/mol. The van der Waals surface area contributed by atoms with E-state index in [9.17, 15) is 9.59 Å². The summed E-state index contributed by atoms with van der Waals surface area (Å²) in [7, 11) is 4.92. The van der Waals surface area contributed by atoms with Crippen LogP contribution in [-0.4, -0.2) is 42.9 Å². The number of esters is 1. The van der Waals surface area contributed by atoms with E-state index in [1.807, 2.05) is 31.3 Å². The molecule has 0 radical (unpaired) electrons. The van der Waals surface area contributed by atoms with E-state index in [0.29, 0.717) is 29.9 Å². The number of aryl methyl sites for hydroxylation is 1. The number of fused-ring (bicyclic) bond motifs is 3. The van der Waals surface area contributed by atoms with Gasteiger partial charge in [0, 0.05) is 41.8 Å². The quantitative estimate of drug-likeness (QED) is 0.449. The molecular formula is C26H27BrN2O5. The van der Waals surface area contributed by atoms with Crippen LogP contribution in [0.15, 0.2) is 51.7 Å². The molecule has 1 aromatic heterocycles. The molecule has 0 spiro atoms. The first-order chi connectivity index (χ1) is 16.4. The Labute approximate surface area is 206 Å². The fourth-order valence-corrected chi connectivity index (χ4v) is 5.80. The van der Waals surface area contributed by atoms with Crippen molar-refractivity contribution in [1.82, 2.24) is 4.57 Å². The fourth-order valence-electron chi connectivity index (χ4n) is 5.42. The number of anilines is 1. The zero-order valence-corrected chi connectivity index (χ0v) is 21.0. The number of pyridine rings is 1. The number of halogens is 1. The number of hydrogen-bond donors (Lipinski definition) is 0. The first kappa shape index (κ1) is 22.8. The van der Waals surface area contributed by atoms with E-state index in [2.05, 4.69) is 20.8 Å². The molecule has 2 aromatic carbocycles. The highest BCUT2D eigenvalue weighted by atomic mass is 79.9. The van der Waals surface area contributed by atoms with Gasteiger partial charge in [0.2, 0.25) is 0 Å². The summed E-state index contributed by atoms with van der Waals surface area (Å²) in [4.78, 5) is 28.4. The van der Waals surface area contributed by atoms with Crippen LogP contribution in [0.1, 0.15) is 36.0 Å². The van der Waals surface area contributed by atoms with Crippen molar-refractivity contribution in [3.8, 4) is 11.5 Å². The third-order valence-electron chi connectivity index (χ3n) is 7.03. The van der Waals surface area contributed by atoms with Crippen LogP contribution in [0.4, 0.5) is 5.69 Å². The van der Waals surface area contributed by atoms with Crippen molar-refractivity contribution < 1.29 is 19.0 Å². The van der Waals surface area contributed by atoms with Gasteiger partial charge in [0.25, 0.3) is 5.56 Å². The van der Waals surface area contributed by atoms with Gasteiger partial charge in [0.1, 0.15) is 11.8 Å². The molecule has 34 heavy (non-hydrogen) atoms. The van der Waals surface area contributed by atoms with Crippen LogP contribution >= 0.6 is 15.9 Å². The first-order valence-electron chi connectivity index (χ1n) is 11.4. The van der Waals surface area contributed by atoms with Crippen LogP contribution in [0.25, 0.3) is 10.9 Å². The lowest BCUT2D eigenvalue weighted by atomic mass is 9.98. The largest absolute Gasteiger partial charge is 0.493 e. The second-order valence-electron chi connectivity index (χ2n) is 8.96. The molecule has 5 rings (SSSR count). The summed E-state index contributed by atoms with van der Waals surface area (Å²) >= 11 is 3.53. The number of ether oxygens (including phenoxy) is 3. The summed E-state index contributed by atoms with van der Waals surface area (Å²) in [5.41, 5.74) is 2.07. The highest BCUT2D eigenvalue weighted by Gasteiger charge is 2.43. The summed E-state index contributed by atoms with van der Waals surface area (Å²) in [5.74, 6) is 0.685.